The molecule has 0 spiro atoms. The Balaban J connectivity index is 1.41. The van der Waals surface area contributed by atoms with Crippen LogP contribution in [0.25, 0.3) is 0 Å². The topological polar surface area (TPSA) is 96.9 Å². The Bertz CT molecular complexity index is 1510. The van der Waals surface area contributed by atoms with Crippen molar-refractivity contribution in [3.8, 4) is 5.75 Å². The number of esters is 1. The summed E-state index contributed by atoms with van der Waals surface area (Å²) < 4.78 is 7.59. The third-order valence-corrected chi connectivity index (χ3v) is 7.18. The summed E-state index contributed by atoms with van der Waals surface area (Å²) in [6.07, 6.45) is 1.36. The predicted molar refractivity (Wildman–Crippen MR) is 164 cm³/mol. The van der Waals surface area contributed by atoms with E-state index in [2.05, 4.69) is 63.6 Å². The highest BCUT2D eigenvalue weighted by Gasteiger charge is 2.23. The molecule has 10 heteroatoms. The number of carbonyl (C=O) groups is 3. The number of carbonyl (C=O) groups excluding carboxylic acids is 3. The molecule has 0 radical (unpaired) electrons. The minimum atomic E-state index is -0.569. The summed E-state index contributed by atoms with van der Waals surface area (Å²) in [5.41, 5.74) is 4.83. The standard InChI is InChI=1S/C30H22Br3N3O4/c31-23-13-7-12-21(14-23)30(39)40-28-22(15-24(32)16-25(28)33)17-35-36-26(37)18-34-29(38)27(19-8-3-1-4-9-19)20-10-5-2-6-11-20/h1-17,27H,18H2,(H,34,38)(H,36,37)/b35-17+. The molecule has 0 saturated heterocycles. The van der Waals surface area contributed by atoms with Gasteiger partial charge in [-0.05, 0) is 57.4 Å². The summed E-state index contributed by atoms with van der Waals surface area (Å²) in [4.78, 5) is 38.3. The number of hydrogen-bond donors (Lipinski definition) is 2. The quantitative estimate of drug-likeness (QED) is 0.0881. The predicted octanol–water partition coefficient (Wildman–Crippen LogP) is 6.59. The van der Waals surface area contributed by atoms with Crippen molar-refractivity contribution in [2.75, 3.05) is 6.54 Å². The van der Waals surface area contributed by atoms with Gasteiger partial charge in [-0.2, -0.15) is 5.10 Å². The molecule has 2 amide bonds. The Morgan fingerprint density at radius 1 is 0.800 bits per heavy atom. The van der Waals surface area contributed by atoms with Crippen LogP contribution in [0.3, 0.4) is 0 Å². The lowest BCUT2D eigenvalue weighted by Gasteiger charge is -2.17. The summed E-state index contributed by atoms with van der Waals surface area (Å²) in [5, 5.41) is 6.69. The minimum absolute atomic E-state index is 0.230. The number of hydrogen-bond acceptors (Lipinski definition) is 5. The van der Waals surface area contributed by atoms with Crippen molar-refractivity contribution >= 4 is 71.8 Å². The van der Waals surface area contributed by atoms with Crippen molar-refractivity contribution in [2.24, 2.45) is 5.10 Å². The van der Waals surface area contributed by atoms with Gasteiger partial charge < -0.3 is 10.1 Å². The molecule has 202 valence electrons. The maximum atomic E-state index is 13.1. The first kappa shape index (κ1) is 29.4. The smallest absolute Gasteiger partial charge is 0.343 e. The summed E-state index contributed by atoms with van der Waals surface area (Å²) >= 11 is 10.2. The number of ether oxygens (including phenoxy) is 1. The molecule has 4 aromatic rings. The maximum absolute atomic E-state index is 13.1. The lowest BCUT2D eigenvalue weighted by Crippen LogP contribution is -2.37. The fourth-order valence-corrected chi connectivity index (χ4v) is 5.56. The van der Waals surface area contributed by atoms with Crippen LogP contribution in [0, 0.1) is 0 Å². The second kappa shape index (κ2) is 14.2. The first-order chi connectivity index (χ1) is 19.3. The molecule has 0 saturated carbocycles. The lowest BCUT2D eigenvalue weighted by molar-refractivity contribution is -0.126. The molecule has 4 aromatic carbocycles. The molecule has 0 fully saturated rings. The monoisotopic (exact) mass is 725 g/mol. The zero-order valence-electron chi connectivity index (χ0n) is 20.8. The third kappa shape index (κ3) is 7.97. The molecule has 7 nitrogen and oxygen atoms in total. The van der Waals surface area contributed by atoms with E-state index < -0.39 is 17.8 Å². The fourth-order valence-electron chi connectivity index (χ4n) is 3.82. The largest absolute Gasteiger partial charge is 0.421 e. The van der Waals surface area contributed by atoms with Gasteiger partial charge in [0.15, 0.2) is 5.75 Å². The number of rotatable bonds is 9. The van der Waals surface area contributed by atoms with Crippen LogP contribution in [0.2, 0.25) is 0 Å². The average molecular weight is 728 g/mol. The van der Waals surface area contributed by atoms with Crippen LogP contribution in [0.5, 0.6) is 5.75 Å². The highest BCUT2D eigenvalue weighted by atomic mass is 79.9. The van der Waals surface area contributed by atoms with Gasteiger partial charge in [-0.25, -0.2) is 10.2 Å². The molecular formula is C30H22Br3N3O4. The maximum Gasteiger partial charge on any atom is 0.343 e. The molecule has 0 bridgehead atoms. The second-order valence-electron chi connectivity index (χ2n) is 8.47. The molecule has 0 aliphatic rings. The van der Waals surface area contributed by atoms with E-state index in [1.165, 1.54) is 6.21 Å². The Morgan fingerprint density at radius 2 is 1.45 bits per heavy atom. The van der Waals surface area contributed by atoms with E-state index in [-0.39, 0.29) is 18.2 Å². The van der Waals surface area contributed by atoms with E-state index in [4.69, 9.17) is 4.74 Å². The molecule has 0 aliphatic carbocycles. The highest BCUT2D eigenvalue weighted by Crippen LogP contribution is 2.33. The van der Waals surface area contributed by atoms with Crippen LogP contribution in [-0.2, 0) is 9.59 Å². The van der Waals surface area contributed by atoms with Gasteiger partial charge in [0.05, 0.1) is 28.7 Å². The molecule has 0 unspecified atom stereocenters. The van der Waals surface area contributed by atoms with Crippen LogP contribution in [0.15, 0.2) is 116 Å². The first-order valence-electron chi connectivity index (χ1n) is 12.0. The number of hydrazone groups is 1. The number of benzene rings is 4. The number of nitrogens with zero attached hydrogens (tertiary/aromatic N) is 1. The Labute approximate surface area is 256 Å². The van der Waals surface area contributed by atoms with Crippen LogP contribution in [0.1, 0.15) is 33.0 Å². The van der Waals surface area contributed by atoms with Crippen molar-refractivity contribution in [3.63, 3.8) is 0 Å². The van der Waals surface area contributed by atoms with Gasteiger partial charge in [0.1, 0.15) is 0 Å². The molecule has 4 rings (SSSR count). The molecule has 40 heavy (non-hydrogen) atoms. The lowest BCUT2D eigenvalue weighted by atomic mass is 9.90. The minimum Gasteiger partial charge on any atom is -0.421 e. The van der Waals surface area contributed by atoms with Crippen LogP contribution in [-0.4, -0.2) is 30.5 Å². The molecule has 0 aliphatic heterocycles. The summed E-state index contributed by atoms with van der Waals surface area (Å²) in [6, 6.07) is 29.0. The number of nitrogens with one attached hydrogen (secondary N) is 2. The van der Waals surface area contributed by atoms with Gasteiger partial charge in [0.2, 0.25) is 5.91 Å². The Hall–Kier alpha value is -3.60. The van der Waals surface area contributed by atoms with Crippen LogP contribution < -0.4 is 15.5 Å². The zero-order valence-corrected chi connectivity index (χ0v) is 25.6. The highest BCUT2D eigenvalue weighted by molar-refractivity contribution is 9.11. The summed E-state index contributed by atoms with van der Waals surface area (Å²) in [5.74, 6) is -1.73. The van der Waals surface area contributed by atoms with Crippen molar-refractivity contribution in [3.05, 3.63) is 133 Å². The summed E-state index contributed by atoms with van der Waals surface area (Å²) in [7, 11) is 0. The number of amides is 2. The first-order valence-corrected chi connectivity index (χ1v) is 14.4. The molecule has 0 atom stereocenters. The third-order valence-electron chi connectivity index (χ3n) is 5.64. The van der Waals surface area contributed by atoms with E-state index in [0.717, 1.165) is 15.6 Å². The second-order valence-corrected chi connectivity index (χ2v) is 11.2. The van der Waals surface area contributed by atoms with Crippen molar-refractivity contribution < 1.29 is 19.1 Å². The van der Waals surface area contributed by atoms with Crippen LogP contribution >= 0.6 is 47.8 Å². The Morgan fingerprint density at radius 3 is 2.08 bits per heavy atom. The van der Waals surface area contributed by atoms with Gasteiger partial charge in [0, 0.05) is 14.5 Å². The van der Waals surface area contributed by atoms with Crippen LogP contribution in [0.4, 0.5) is 0 Å². The van der Waals surface area contributed by atoms with Gasteiger partial charge >= 0.3 is 5.97 Å². The Kier molecular flexibility index (Phi) is 10.4. The SMILES string of the molecule is O=C(CNC(=O)C(c1ccccc1)c1ccccc1)N/N=C/c1cc(Br)cc(Br)c1OC(=O)c1cccc(Br)c1. The van der Waals surface area contributed by atoms with Gasteiger partial charge in [-0.3, -0.25) is 9.59 Å². The molecular weight excluding hydrogens is 706 g/mol. The van der Waals surface area contributed by atoms with E-state index in [1.807, 2.05) is 60.7 Å². The van der Waals surface area contributed by atoms with Crippen molar-refractivity contribution in [1.29, 1.82) is 0 Å². The molecule has 0 heterocycles. The van der Waals surface area contributed by atoms with Crippen molar-refractivity contribution in [2.45, 2.75) is 5.92 Å². The van der Waals surface area contributed by atoms with E-state index in [1.54, 1.807) is 36.4 Å². The van der Waals surface area contributed by atoms with Crippen molar-refractivity contribution in [1.82, 2.24) is 10.7 Å². The zero-order chi connectivity index (χ0) is 28.5. The van der Waals surface area contributed by atoms with Gasteiger partial charge in [-0.15, -0.1) is 0 Å². The van der Waals surface area contributed by atoms with E-state index in [0.29, 0.717) is 20.1 Å². The van der Waals surface area contributed by atoms with E-state index in [9.17, 15) is 14.4 Å². The number of halogens is 3. The average Bonchev–Trinajstić information content (AvgIpc) is 2.95. The molecule has 2 N–H and O–H groups in total. The normalized spacial score (nSPS) is 10.9. The summed E-state index contributed by atoms with van der Waals surface area (Å²) in [6.45, 7) is -0.279. The van der Waals surface area contributed by atoms with Gasteiger partial charge in [-0.1, -0.05) is 98.6 Å². The van der Waals surface area contributed by atoms with E-state index >= 15 is 0 Å². The fraction of sp³-hybridized carbons (Fsp3) is 0.0667. The molecule has 0 aromatic heterocycles. The van der Waals surface area contributed by atoms with Gasteiger partial charge in [0.25, 0.3) is 5.91 Å².